The average Bonchev–Trinajstić information content (AvgIpc) is 1.58. The molecule has 6 saturated heterocycles. The van der Waals surface area contributed by atoms with Gasteiger partial charge in [0.2, 0.25) is 23.6 Å². The molecule has 7 aliphatic rings. The topological polar surface area (TPSA) is 578 Å². The number of carbonyl (C=O) groups excluding carboxylic acids is 7. The van der Waals surface area contributed by atoms with E-state index in [0.29, 0.717) is 193 Å². The third-order valence-corrected chi connectivity index (χ3v) is 22.3. The zero-order valence-corrected chi connectivity index (χ0v) is 75.0. The number of aliphatic hydroxyl groups is 6. The van der Waals surface area contributed by atoms with Gasteiger partial charge in [-0.3, -0.25) is 43.1 Å². The number of amides is 6. The number of imide groups is 1. The molecule has 10 heterocycles. The normalized spacial score (nSPS) is 25.6. The molecule has 0 saturated carbocycles. The van der Waals surface area contributed by atoms with Crippen molar-refractivity contribution in [1.29, 1.82) is 0 Å². The Morgan fingerprint density at radius 2 is 0.695 bits per heavy atom. The maximum atomic E-state index is 14.3. The summed E-state index contributed by atoms with van der Waals surface area (Å²) in [5.41, 5.74) is -3.63. The first-order chi connectivity index (χ1) is 63.5. The summed E-state index contributed by atoms with van der Waals surface area (Å²) in [4.78, 5) is 86.9. The largest absolute Gasteiger partial charge is 0.388 e. The second-order valence-corrected chi connectivity index (χ2v) is 33.1. The molecular formula is C83H134N14O34. The van der Waals surface area contributed by atoms with Crippen LogP contribution >= 0.6 is 0 Å². The predicted molar refractivity (Wildman–Crippen MR) is 446 cm³/mol. The molecule has 6 amide bonds. The van der Waals surface area contributed by atoms with E-state index in [1.54, 1.807) is 32.6 Å². The molecule has 15 atom stereocenters. The van der Waals surface area contributed by atoms with Gasteiger partial charge in [0.15, 0.2) is 18.9 Å². The van der Waals surface area contributed by atoms with E-state index in [1.165, 1.54) is 37.8 Å². The van der Waals surface area contributed by atoms with E-state index in [4.69, 9.17) is 99.5 Å². The van der Waals surface area contributed by atoms with Crippen molar-refractivity contribution >= 4 is 41.2 Å². The molecule has 6 fully saturated rings. The summed E-state index contributed by atoms with van der Waals surface area (Å²) < 4.78 is 127. The number of fused-ring (bicyclic) bond motifs is 6. The van der Waals surface area contributed by atoms with Gasteiger partial charge >= 0.3 is 0 Å². The van der Waals surface area contributed by atoms with Crippen LogP contribution < -0.4 is 21.3 Å². The van der Waals surface area contributed by atoms with Crippen LogP contribution in [0.15, 0.2) is 30.7 Å². The van der Waals surface area contributed by atoms with E-state index >= 15 is 0 Å². The Labute approximate surface area is 759 Å². The summed E-state index contributed by atoms with van der Waals surface area (Å²) in [6.45, 7) is 11.1. The minimum Gasteiger partial charge on any atom is -0.388 e. The van der Waals surface area contributed by atoms with Crippen LogP contribution in [0.2, 0.25) is 0 Å². The standard InChI is InChI=1S/C83H134N14O34/c1-58(98)84-68-71(105)74(108)81(55-126-77(68)129-81)52-120-40-37-117-30-27-112-24-12-23-111-22-11-18-94-43-61(88-91-94)46-123-49-80(87-65(102)15-9-5-4-7-13-64(101)14-8-6-10-19-97-66(103)16-17-67(97)104,50-124-47-62-44-95(92-89-62)20-25-113-28-31-115-33-35-118-38-41-121-53-82-56-127-78(130-82)69(85-59(2)99)72(106)75(82)109)51-125-48-63-45-96(93-90-63)21-26-114-29-32-116-34-36-119-39-42-122-54-83-57-128-79(131-83)70(86-60(3)100)73(107)76(83)110/h16-17,43-45,68-79,105-110H,4-15,18-42,46-57H2,1-3H3,(H,84,98)(H,85,99)(H,86,100)(H,87,102)/t68-,69-,70-,71-,72-,73-,74-,75-,76-,77+,78+,79+,81+,82+,83+/m1/s1. The number of carbonyl (C=O) groups is 7. The van der Waals surface area contributed by atoms with Gasteiger partial charge in [0.05, 0.1) is 230 Å². The molecule has 48 nitrogen and oxygen atoms in total. The van der Waals surface area contributed by atoms with Crippen molar-refractivity contribution in [2.45, 2.75) is 233 Å². The first-order valence-corrected chi connectivity index (χ1v) is 45.0. The molecular weight excluding hydrogens is 1740 g/mol. The summed E-state index contributed by atoms with van der Waals surface area (Å²) in [7, 11) is 0. The molecule has 0 unspecified atom stereocenters. The highest BCUT2D eigenvalue weighted by Crippen LogP contribution is 2.40. The number of hydrogen-bond donors (Lipinski definition) is 10. The monoisotopic (exact) mass is 1870 g/mol. The molecule has 3 aromatic heterocycles. The maximum Gasteiger partial charge on any atom is 0.253 e. The van der Waals surface area contributed by atoms with E-state index in [2.05, 4.69) is 52.2 Å². The van der Waals surface area contributed by atoms with Crippen LogP contribution in [-0.2, 0) is 172 Å². The second kappa shape index (κ2) is 56.3. The summed E-state index contributed by atoms with van der Waals surface area (Å²) in [5.74, 6) is -1.98. The molecule has 0 aromatic carbocycles. The van der Waals surface area contributed by atoms with Crippen LogP contribution in [0.1, 0.15) is 115 Å². The van der Waals surface area contributed by atoms with Crippen LogP contribution in [0, 0.1) is 0 Å². The van der Waals surface area contributed by atoms with Gasteiger partial charge in [-0.15, -0.1) is 15.3 Å². The number of unbranched alkanes of at least 4 members (excludes halogenated alkanes) is 5. The lowest BCUT2D eigenvalue weighted by molar-refractivity contribution is -0.238. The molecule has 0 radical (unpaired) electrons. The number of hydrogen-bond acceptors (Lipinski definition) is 40. The summed E-state index contributed by atoms with van der Waals surface area (Å²) in [6, 6.07) is -2.73. The van der Waals surface area contributed by atoms with Gasteiger partial charge in [0, 0.05) is 85.1 Å². The zero-order chi connectivity index (χ0) is 93.1. The number of aromatic nitrogens is 9. The summed E-state index contributed by atoms with van der Waals surface area (Å²) in [5, 5.41) is 101. The van der Waals surface area contributed by atoms with Gasteiger partial charge in [-0.2, -0.15) is 0 Å². The Kier molecular flexibility index (Phi) is 45.5. The highest BCUT2D eigenvalue weighted by Gasteiger charge is 2.62. The van der Waals surface area contributed by atoms with Gasteiger partial charge in [-0.25, -0.2) is 9.36 Å². The van der Waals surface area contributed by atoms with E-state index < -0.39 is 108 Å². The minimum absolute atomic E-state index is 0.0000880. The Hall–Kier alpha value is -7.23. The van der Waals surface area contributed by atoms with E-state index in [1.807, 2.05) is 0 Å². The predicted octanol–water partition coefficient (Wildman–Crippen LogP) is -4.30. The fourth-order valence-electron chi connectivity index (χ4n) is 15.4. The highest BCUT2D eigenvalue weighted by molar-refractivity contribution is 6.12. The van der Waals surface area contributed by atoms with Crippen LogP contribution in [0.5, 0.6) is 0 Å². The van der Waals surface area contributed by atoms with Crippen molar-refractivity contribution < 1.29 is 164 Å². The van der Waals surface area contributed by atoms with Crippen molar-refractivity contribution in [2.75, 3.05) is 205 Å². The molecule has 10 N–H and O–H groups in total. The van der Waals surface area contributed by atoms with Gasteiger partial charge in [0.25, 0.3) is 11.8 Å². The second-order valence-electron chi connectivity index (χ2n) is 33.1. The number of aliphatic hydroxyl groups excluding tert-OH is 6. The lowest BCUT2D eigenvalue weighted by Crippen LogP contribution is -2.66. The van der Waals surface area contributed by atoms with Gasteiger partial charge in [-0.1, -0.05) is 34.9 Å². The number of ketones is 1. The smallest absolute Gasteiger partial charge is 0.253 e. The van der Waals surface area contributed by atoms with Crippen molar-refractivity contribution in [3.8, 4) is 0 Å². The molecule has 0 aliphatic carbocycles. The number of Topliss-reactive ketones (excluding diaryl/α,β-unsaturated/α-hetero) is 1. The van der Waals surface area contributed by atoms with E-state index in [9.17, 15) is 64.2 Å². The Morgan fingerprint density at radius 3 is 1.06 bits per heavy atom. The maximum absolute atomic E-state index is 14.3. The molecule has 740 valence electrons. The van der Waals surface area contributed by atoms with E-state index in [-0.39, 0.29) is 168 Å². The van der Waals surface area contributed by atoms with Crippen molar-refractivity contribution in [1.82, 2.24) is 71.1 Å². The molecule has 48 heteroatoms. The third-order valence-electron chi connectivity index (χ3n) is 22.3. The van der Waals surface area contributed by atoms with E-state index in [0.717, 1.165) is 6.42 Å². The lowest BCUT2D eigenvalue weighted by Gasteiger charge is -2.42. The molecule has 3 aromatic rings. The number of ether oxygens (including phenoxy) is 21. The Balaban J connectivity index is 0.647. The fraction of sp³-hybridized carbons (Fsp3) is 0.819. The average molecular weight is 1870 g/mol. The first kappa shape index (κ1) is 106. The highest BCUT2D eigenvalue weighted by atomic mass is 16.8. The molecule has 6 bridgehead atoms. The quantitative estimate of drug-likeness (QED) is 0.0189. The van der Waals surface area contributed by atoms with Crippen LogP contribution in [0.3, 0.4) is 0 Å². The third kappa shape index (κ3) is 34.5. The summed E-state index contributed by atoms with van der Waals surface area (Å²) >= 11 is 0. The Morgan fingerprint density at radius 1 is 0.382 bits per heavy atom. The van der Waals surface area contributed by atoms with Crippen molar-refractivity contribution in [3.05, 3.63) is 47.8 Å². The van der Waals surface area contributed by atoms with Gasteiger partial charge < -0.3 is 151 Å². The molecule has 0 spiro atoms. The minimum atomic E-state index is -1.35. The number of rotatable bonds is 73. The lowest BCUT2D eigenvalue weighted by atomic mass is 9.88. The van der Waals surface area contributed by atoms with Gasteiger partial charge in [-0.05, 0) is 38.5 Å². The first-order valence-electron chi connectivity index (χ1n) is 45.0. The molecule has 7 aliphatic heterocycles. The van der Waals surface area contributed by atoms with Crippen molar-refractivity contribution in [3.63, 3.8) is 0 Å². The van der Waals surface area contributed by atoms with Crippen LogP contribution in [-0.4, -0.2) is 422 Å². The summed E-state index contributed by atoms with van der Waals surface area (Å²) in [6.07, 6.45) is 3.84. The van der Waals surface area contributed by atoms with Crippen molar-refractivity contribution in [2.24, 2.45) is 0 Å². The molecule has 10 rings (SSSR count). The SMILES string of the molecule is CC(=O)N[C@H]1[C@H]2OC[C@](COCCOCCOCCCOCCCn3cc(COCC(COCc4cn(CCOCCOCCOCCOC[C@@]56CO[C@@H](O5)[C@H](NC(C)=O)[C@@H](O)[C@H]6O)nn4)(COCc4cn(CCOCCOCCOCCOC[C@@]56CO[C@@H](O5)[C@H](NC(C)=O)[C@@H](O)[C@H]6O)nn4)NC(=O)CCCCCCC(=O)CCCCCN4C(=O)C=CC4=O)nn3)(O2)[C@H](O)[C@@H]1O. The zero-order valence-electron chi connectivity index (χ0n) is 75.0. The fourth-order valence-corrected chi connectivity index (χ4v) is 15.4. The van der Waals surface area contributed by atoms with Gasteiger partial charge in [0.1, 0.15) is 100.0 Å². The Bertz CT molecular complexity index is 3760. The number of nitrogens with one attached hydrogen (secondary N) is 4. The van der Waals surface area contributed by atoms with Crippen LogP contribution in [0.25, 0.3) is 0 Å². The molecule has 131 heavy (non-hydrogen) atoms. The number of aryl methyl sites for hydroxylation is 1. The number of nitrogens with zero attached hydrogens (tertiary/aromatic N) is 10. The van der Waals surface area contributed by atoms with Crippen LogP contribution in [0.4, 0.5) is 0 Å².